The molecule has 0 spiro atoms. The van der Waals surface area contributed by atoms with Crippen molar-refractivity contribution >= 4 is 0 Å². The number of hydrogen-bond donors (Lipinski definition) is 1. The normalized spacial score (nSPS) is 23.3. The second kappa shape index (κ2) is 7.82. The molecule has 1 aromatic heterocycles. The smallest absolute Gasteiger partial charge is 0.194 e. The van der Waals surface area contributed by atoms with Crippen molar-refractivity contribution in [1.82, 2.24) is 9.88 Å². The molecule has 0 saturated carbocycles. The van der Waals surface area contributed by atoms with Gasteiger partial charge in [-0.05, 0) is 38.8 Å². The van der Waals surface area contributed by atoms with Crippen molar-refractivity contribution in [2.75, 3.05) is 6.54 Å². The molecule has 0 radical (unpaired) electrons. The Morgan fingerprint density at radius 2 is 1.76 bits per heavy atom. The molecule has 3 rings (SSSR count). The van der Waals surface area contributed by atoms with Crippen LogP contribution in [0.5, 0.6) is 0 Å². The zero-order valence-corrected chi connectivity index (χ0v) is 15.0. The predicted molar refractivity (Wildman–Crippen MR) is 101 cm³/mol. The van der Waals surface area contributed by atoms with Crippen LogP contribution in [-0.2, 0) is 5.60 Å². The van der Waals surface area contributed by atoms with Crippen molar-refractivity contribution in [3.05, 3.63) is 66.0 Å². The summed E-state index contributed by atoms with van der Waals surface area (Å²) in [6.45, 7) is 5.20. The monoisotopic (exact) mass is 334 g/mol. The summed E-state index contributed by atoms with van der Waals surface area (Å²) >= 11 is 0. The number of aromatic nitrogens is 1. The van der Waals surface area contributed by atoms with Crippen molar-refractivity contribution in [3.63, 3.8) is 0 Å². The largest absolute Gasteiger partial charge is 0.368 e. The highest BCUT2D eigenvalue weighted by molar-refractivity contribution is 5.41. The topological polar surface area (TPSA) is 36.4 Å². The van der Waals surface area contributed by atoms with Gasteiger partial charge in [0.1, 0.15) is 0 Å². The molecule has 1 saturated heterocycles. The lowest BCUT2D eigenvalue weighted by Crippen LogP contribution is -2.43. The first-order valence-corrected chi connectivity index (χ1v) is 9.06. The maximum absolute atomic E-state index is 11.4. The fourth-order valence-electron chi connectivity index (χ4n) is 3.59. The van der Waals surface area contributed by atoms with Gasteiger partial charge in [0.15, 0.2) is 5.60 Å². The van der Waals surface area contributed by atoms with Crippen LogP contribution >= 0.6 is 0 Å². The Kier molecular flexibility index (Phi) is 5.53. The van der Waals surface area contributed by atoms with Crippen LogP contribution in [0.3, 0.4) is 0 Å². The third-order valence-electron chi connectivity index (χ3n) is 5.13. The summed E-state index contributed by atoms with van der Waals surface area (Å²) in [5.74, 6) is 6.36. The third kappa shape index (κ3) is 3.92. The summed E-state index contributed by atoms with van der Waals surface area (Å²) < 4.78 is 0. The quantitative estimate of drug-likeness (QED) is 0.872. The molecule has 3 nitrogen and oxygen atoms in total. The van der Waals surface area contributed by atoms with Gasteiger partial charge in [-0.3, -0.25) is 9.88 Å². The number of pyridine rings is 1. The zero-order chi connectivity index (χ0) is 17.7. The van der Waals surface area contributed by atoms with Crippen LogP contribution in [0.4, 0.5) is 0 Å². The number of nitrogens with zero attached hydrogens (tertiary/aromatic N) is 2. The van der Waals surface area contributed by atoms with E-state index in [9.17, 15) is 5.11 Å². The molecule has 1 N–H and O–H groups in total. The van der Waals surface area contributed by atoms with Gasteiger partial charge in [-0.2, -0.15) is 0 Å². The van der Waals surface area contributed by atoms with Gasteiger partial charge >= 0.3 is 0 Å². The third-order valence-corrected chi connectivity index (χ3v) is 5.13. The fraction of sp³-hybridized carbons (Fsp3) is 0.409. The lowest BCUT2D eigenvalue weighted by molar-refractivity contribution is 0.119. The summed E-state index contributed by atoms with van der Waals surface area (Å²) in [5, 5.41) is 11.4. The lowest BCUT2D eigenvalue weighted by Gasteiger charge is -2.37. The van der Waals surface area contributed by atoms with E-state index in [1.165, 1.54) is 19.3 Å². The maximum atomic E-state index is 11.4. The fourth-order valence-corrected chi connectivity index (χ4v) is 3.59. The Morgan fingerprint density at radius 1 is 1.08 bits per heavy atom. The van der Waals surface area contributed by atoms with Crippen molar-refractivity contribution in [1.29, 1.82) is 0 Å². The molecule has 2 heterocycles. The Bertz CT molecular complexity index is 683. The number of aliphatic hydroxyl groups is 1. The van der Waals surface area contributed by atoms with E-state index in [4.69, 9.17) is 0 Å². The van der Waals surface area contributed by atoms with E-state index >= 15 is 0 Å². The first-order chi connectivity index (χ1) is 12.1. The van der Waals surface area contributed by atoms with Crippen molar-refractivity contribution in [2.24, 2.45) is 0 Å². The van der Waals surface area contributed by atoms with Gasteiger partial charge < -0.3 is 5.11 Å². The van der Waals surface area contributed by atoms with Crippen LogP contribution in [0.2, 0.25) is 0 Å². The minimum Gasteiger partial charge on any atom is -0.368 e. The highest BCUT2D eigenvalue weighted by Crippen LogP contribution is 2.27. The Balaban J connectivity index is 1.90. The maximum Gasteiger partial charge on any atom is 0.194 e. The predicted octanol–water partition coefficient (Wildman–Crippen LogP) is 3.58. The summed E-state index contributed by atoms with van der Waals surface area (Å²) in [6.07, 6.45) is 5.41. The second-order valence-electron chi connectivity index (χ2n) is 6.89. The van der Waals surface area contributed by atoms with Gasteiger partial charge in [-0.15, -0.1) is 0 Å². The Labute approximate surface area is 150 Å². The molecule has 0 aliphatic carbocycles. The van der Waals surface area contributed by atoms with Crippen LogP contribution in [0.1, 0.15) is 44.4 Å². The minimum absolute atomic E-state index is 0.540. The molecule has 0 amide bonds. The Hall–Kier alpha value is -2.15. The highest BCUT2D eigenvalue weighted by Gasteiger charge is 2.31. The molecule has 1 aliphatic rings. The minimum atomic E-state index is -1.38. The molecule has 1 fully saturated rings. The second-order valence-corrected chi connectivity index (χ2v) is 6.89. The van der Waals surface area contributed by atoms with E-state index in [1.807, 2.05) is 48.5 Å². The van der Waals surface area contributed by atoms with E-state index < -0.39 is 5.60 Å². The van der Waals surface area contributed by atoms with E-state index in [-0.39, 0.29) is 0 Å². The average Bonchev–Trinajstić information content (AvgIpc) is 2.65. The van der Waals surface area contributed by atoms with Gasteiger partial charge in [0.25, 0.3) is 0 Å². The molecule has 25 heavy (non-hydrogen) atoms. The van der Waals surface area contributed by atoms with Crippen LogP contribution in [0, 0.1) is 11.8 Å². The summed E-state index contributed by atoms with van der Waals surface area (Å²) in [7, 11) is 0. The molecule has 3 heteroatoms. The molecule has 1 unspecified atom stereocenters. The van der Waals surface area contributed by atoms with Crippen molar-refractivity contribution in [3.8, 4) is 11.8 Å². The molecular weight excluding hydrogens is 308 g/mol. The molecule has 3 atom stereocenters. The van der Waals surface area contributed by atoms with Crippen LogP contribution in [0.25, 0.3) is 0 Å². The number of likely N-dealkylation sites (tertiary alicyclic amines) is 1. The zero-order valence-electron chi connectivity index (χ0n) is 15.0. The molecule has 0 bridgehead atoms. The van der Waals surface area contributed by atoms with Gasteiger partial charge in [0.2, 0.25) is 0 Å². The number of rotatable bonds is 3. The molecule has 2 aromatic rings. The molecule has 130 valence electrons. The molecule has 1 aromatic carbocycles. The molecule has 1 aliphatic heterocycles. The van der Waals surface area contributed by atoms with E-state index in [2.05, 4.69) is 35.6 Å². The van der Waals surface area contributed by atoms with E-state index in [0.29, 0.717) is 24.3 Å². The van der Waals surface area contributed by atoms with Gasteiger partial charge in [-0.25, -0.2) is 0 Å². The Morgan fingerprint density at radius 3 is 2.40 bits per heavy atom. The SMILES string of the molecule is C[C@@H]1CCC[C@H](C)N1CC#CC(O)(c1ccccc1)c1ccccn1. The molecular formula is C22H26N2O. The summed E-state index contributed by atoms with van der Waals surface area (Å²) in [4.78, 5) is 6.79. The van der Waals surface area contributed by atoms with Crippen LogP contribution in [0.15, 0.2) is 54.7 Å². The van der Waals surface area contributed by atoms with Gasteiger partial charge in [-0.1, -0.05) is 54.7 Å². The van der Waals surface area contributed by atoms with Crippen LogP contribution in [-0.4, -0.2) is 33.6 Å². The van der Waals surface area contributed by atoms with Crippen molar-refractivity contribution < 1.29 is 5.11 Å². The van der Waals surface area contributed by atoms with E-state index in [1.54, 1.807) is 6.20 Å². The summed E-state index contributed by atoms with van der Waals surface area (Å²) in [6, 6.07) is 16.2. The first kappa shape index (κ1) is 17.7. The van der Waals surface area contributed by atoms with Gasteiger partial charge in [0.05, 0.1) is 12.2 Å². The highest BCUT2D eigenvalue weighted by atomic mass is 16.3. The number of piperidine rings is 1. The lowest BCUT2D eigenvalue weighted by atomic mass is 9.90. The summed E-state index contributed by atoms with van der Waals surface area (Å²) in [5.41, 5.74) is -0.0699. The van der Waals surface area contributed by atoms with Gasteiger partial charge in [0, 0.05) is 23.8 Å². The van der Waals surface area contributed by atoms with Crippen molar-refractivity contribution in [2.45, 2.75) is 50.8 Å². The number of benzene rings is 1. The first-order valence-electron chi connectivity index (χ1n) is 9.06. The standard InChI is InChI=1S/C22H26N2O/c1-18-10-8-11-19(2)24(18)17-9-15-22(25,20-12-4-3-5-13-20)21-14-6-7-16-23-21/h3-7,12-14,16,18-19,25H,8,10-11,17H2,1-2H3/t18-,19+,22?. The average molecular weight is 334 g/mol. The van der Waals surface area contributed by atoms with Crippen LogP contribution < -0.4 is 0 Å². The number of hydrogen-bond acceptors (Lipinski definition) is 3. The van der Waals surface area contributed by atoms with E-state index in [0.717, 1.165) is 5.56 Å².